The molecule has 0 spiro atoms. The van der Waals surface area contributed by atoms with E-state index in [4.69, 9.17) is 15.1 Å². The van der Waals surface area contributed by atoms with Crippen molar-refractivity contribution in [2.24, 2.45) is 0 Å². The Balaban J connectivity index is 2.40. The summed E-state index contributed by atoms with van der Waals surface area (Å²) in [6, 6.07) is 5.23. The van der Waals surface area contributed by atoms with E-state index in [0.717, 1.165) is 12.1 Å². The topological polar surface area (TPSA) is 96.1 Å². The maximum absolute atomic E-state index is 13.6. The monoisotopic (exact) mass is 287 g/mol. The minimum Gasteiger partial charge on any atom is -0.478 e. The first-order chi connectivity index (χ1) is 9.93. The van der Waals surface area contributed by atoms with Crippen LogP contribution in [0.4, 0.5) is 4.39 Å². The third-order valence-corrected chi connectivity index (χ3v) is 2.92. The predicted molar refractivity (Wildman–Crippen MR) is 69.7 cm³/mol. The summed E-state index contributed by atoms with van der Waals surface area (Å²) in [5.74, 6) is -2.33. The SMILES string of the molecule is Cc1nnc(Oc2ccc(C(=O)O)c(F)c2)c(C#N)c1C. The summed E-state index contributed by atoms with van der Waals surface area (Å²) in [6.07, 6.45) is 0. The lowest BCUT2D eigenvalue weighted by molar-refractivity contribution is 0.0692. The highest BCUT2D eigenvalue weighted by Gasteiger charge is 2.15. The van der Waals surface area contributed by atoms with E-state index >= 15 is 0 Å². The van der Waals surface area contributed by atoms with E-state index in [-0.39, 0.29) is 17.2 Å². The summed E-state index contributed by atoms with van der Waals surface area (Å²) in [5, 5.41) is 25.5. The number of carboxylic acids is 1. The van der Waals surface area contributed by atoms with Crippen LogP contribution < -0.4 is 4.74 Å². The summed E-state index contributed by atoms with van der Waals surface area (Å²) in [4.78, 5) is 10.7. The van der Waals surface area contributed by atoms with E-state index < -0.39 is 17.3 Å². The molecule has 0 radical (unpaired) electrons. The fraction of sp³-hybridized carbons (Fsp3) is 0.143. The van der Waals surface area contributed by atoms with Crippen molar-refractivity contribution in [3.05, 3.63) is 46.4 Å². The minimum absolute atomic E-state index is 0.0338. The van der Waals surface area contributed by atoms with Gasteiger partial charge in [0.15, 0.2) is 0 Å². The number of carbonyl (C=O) groups is 1. The van der Waals surface area contributed by atoms with Crippen LogP contribution in [0.1, 0.15) is 27.2 Å². The molecular formula is C14H10FN3O3. The largest absolute Gasteiger partial charge is 0.478 e. The maximum Gasteiger partial charge on any atom is 0.338 e. The molecular weight excluding hydrogens is 277 g/mol. The van der Waals surface area contributed by atoms with Gasteiger partial charge in [-0.2, -0.15) is 10.4 Å². The normalized spacial score (nSPS) is 10.0. The van der Waals surface area contributed by atoms with Crippen LogP contribution >= 0.6 is 0 Å². The Hall–Kier alpha value is -3.01. The number of aromatic carboxylic acids is 1. The molecule has 2 rings (SSSR count). The van der Waals surface area contributed by atoms with E-state index in [9.17, 15) is 9.18 Å². The van der Waals surface area contributed by atoms with E-state index in [0.29, 0.717) is 11.3 Å². The fourth-order valence-corrected chi connectivity index (χ4v) is 1.63. The average molecular weight is 287 g/mol. The van der Waals surface area contributed by atoms with Gasteiger partial charge in [-0.15, -0.1) is 5.10 Å². The molecule has 7 heteroatoms. The number of nitriles is 1. The molecule has 1 aromatic carbocycles. The number of rotatable bonds is 3. The van der Waals surface area contributed by atoms with Gasteiger partial charge >= 0.3 is 5.97 Å². The number of benzene rings is 1. The molecule has 0 fully saturated rings. The van der Waals surface area contributed by atoms with Gasteiger partial charge < -0.3 is 9.84 Å². The first-order valence-electron chi connectivity index (χ1n) is 5.88. The van der Waals surface area contributed by atoms with Gasteiger partial charge in [-0.25, -0.2) is 9.18 Å². The highest BCUT2D eigenvalue weighted by molar-refractivity contribution is 5.88. The first-order valence-corrected chi connectivity index (χ1v) is 5.88. The van der Waals surface area contributed by atoms with Crippen LogP contribution in [0, 0.1) is 31.0 Å². The quantitative estimate of drug-likeness (QED) is 0.932. The van der Waals surface area contributed by atoms with Gasteiger partial charge in [-0.1, -0.05) is 0 Å². The highest BCUT2D eigenvalue weighted by Crippen LogP contribution is 2.26. The maximum atomic E-state index is 13.6. The highest BCUT2D eigenvalue weighted by atomic mass is 19.1. The smallest absolute Gasteiger partial charge is 0.338 e. The third-order valence-electron chi connectivity index (χ3n) is 2.92. The van der Waals surface area contributed by atoms with Crippen LogP contribution in [-0.2, 0) is 0 Å². The van der Waals surface area contributed by atoms with Crippen molar-refractivity contribution < 1.29 is 19.0 Å². The molecule has 2 aromatic rings. The molecule has 106 valence electrons. The van der Waals surface area contributed by atoms with Crippen molar-refractivity contribution in [2.75, 3.05) is 0 Å². The molecule has 0 saturated heterocycles. The molecule has 0 aliphatic heterocycles. The molecule has 1 N–H and O–H groups in total. The second-order valence-corrected chi connectivity index (χ2v) is 4.25. The lowest BCUT2D eigenvalue weighted by Crippen LogP contribution is -2.02. The van der Waals surface area contributed by atoms with Gasteiger partial charge in [0.05, 0.1) is 11.3 Å². The summed E-state index contributed by atoms with van der Waals surface area (Å²) < 4.78 is 18.9. The average Bonchev–Trinajstić information content (AvgIpc) is 2.43. The van der Waals surface area contributed by atoms with Crippen molar-refractivity contribution in [3.8, 4) is 17.7 Å². The summed E-state index contributed by atoms with van der Waals surface area (Å²) in [7, 11) is 0. The number of ether oxygens (including phenoxy) is 1. The van der Waals surface area contributed by atoms with Crippen LogP contribution in [0.25, 0.3) is 0 Å². The van der Waals surface area contributed by atoms with Gasteiger partial charge in [-0.3, -0.25) is 0 Å². The summed E-state index contributed by atoms with van der Waals surface area (Å²) in [5.41, 5.74) is 0.940. The Kier molecular flexibility index (Phi) is 3.80. The standard InChI is InChI=1S/C14H10FN3O3/c1-7-8(2)17-18-13(11(7)6-16)21-9-3-4-10(14(19)20)12(15)5-9/h3-5H,1-2H3,(H,19,20). The van der Waals surface area contributed by atoms with Crippen molar-refractivity contribution in [3.63, 3.8) is 0 Å². The van der Waals surface area contributed by atoms with Gasteiger partial charge in [0.25, 0.3) is 5.88 Å². The number of halogens is 1. The molecule has 0 aliphatic rings. The number of aromatic nitrogens is 2. The molecule has 0 bridgehead atoms. The molecule has 0 atom stereocenters. The molecule has 0 unspecified atom stereocenters. The van der Waals surface area contributed by atoms with Gasteiger partial charge in [-0.05, 0) is 31.5 Å². The van der Waals surface area contributed by atoms with Crippen LogP contribution in [0.5, 0.6) is 11.6 Å². The Morgan fingerprint density at radius 2 is 2.10 bits per heavy atom. The zero-order valence-electron chi connectivity index (χ0n) is 11.2. The van der Waals surface area contributed by atoms with Crippen LogP contribution in [0.3, 0.4) is 0 Å². The van der Waals surface area contributed by atoms with Gasteiger partial charge in [0.2, 0.25) is 0 Å². The number of carboxylic acid groups (broad SMARTS) is 1. The lowest BCUT2D eigenvalue weighted by atomic mass is 10.1. The number of aryl methyl sites for hydroxylation is 1. The Morgan fingerprint density at radius 3 is 2.67 bits per heavy atom. The fourth-order valence-electron chi connectivity index (χ4n) is 1.63. The Labute approximate surface area is 119 Å². The molecule has 0 saturated carbocycles. The number of hydrogen-bond acceptors (Lipinski definition) is 5. The van der Waals surface area contributed by atoms with Crippen LogP contribution in [0.2, 0.25) is 0 Å². The Bertz CT molecular complexity index is 769. The van der Waals surface area contributed by atoms with E-state index in [1.807, 2.05) is 6.07 Å². The van der Waals surface area contributed by atoms with Crippen molar-refractivity contribution >= 4 is 5.97 Å². The predicted octanol–water partition coefficient (Wildman–Crippen LogP) is 2.59. The van der Waals surface area contributed by atoms with Crippen LogP contribution in [-0.4, -0.2) is 21.3 Å². The third kappa shape index (κ3) is 2.79. The second kappa shape index (κ2) is 5.54. The molecule has 21 heavy (non-hydrogen) atoms. The van der Waals surface area contributed by atoms with Crippen molar-refractivity contribution in [1.82, 2.24) is 10.2 Å². The second-order valence-electron chi connectivity index (χ2n) is 4.25. The van der Waals surface area contributed by atoms with E-state index in [2.05, 4.69) is 10.2 Å². The molecule has 0 amide bonds. The summed E-state index contributed by atoms with van der Waals surface area (Å²) in [6.45, 7) is 3.40. The number of nitrogens with zero attached hydrogens (tertiary/aromatic N) is 3. The lowest BCUT2D eigenvalue weighted by Gasteiger charge is -2.09. The van der Waals surface area contributed by atoms with Gasteiger partial charge in [0.1, 0.15) is 23.2 Å². The van der Waals surface area contributed by atoms with Crippen LogP contribution in [0.15, 0.2) is 18.2 Å². The molecule has 6 nitrogen and oxygen atoms in total. The molecule has 1 heterocycles. The van der Waals surface area contributed by atoms with E-state index in [1.54, 1.807) is 13.8 Å². The van der Waals surface area contributed by atoms with E-state index in [1.165, 1.54) is 6.07 Å². The van der Waals surface area contributed by atoms with Crippen molar-refractivity contribution in [1.29, 1.82) is 5.26 Å². The molecule has 1 aromatic heterocycles. The molecule has 0 aliphatic carbocycles. The Morgan fingerprint density at radius 1 is 1.38 bits per heavy atom. The zero-order valence-corrected chi connectivity index (χ0v) is 11.2. The zero-order chi connectivity index (χ0) is 15.6. The van der Waals surface area contributed by atoms with Gasteiger partial charge in [0, 0.05) is 6.07 Å². The summed E-state index contributed by atoms with van der Waals surface area (Å²) >= 11 is 0. The minimum atomic E-state index is -1.37. The van der Waals surface area contributed by atoms with Crippen molar-refractivity contribution in [2.45, 2.75) is 13.8 Å². The first kappa shape index (κ1) is 14.4. The number of hydrogen-bond donors (Lipinski definition) is 1.